The lowest BCUT2D eigenvalue weighted by atomic mass is 10.0. The minimum absolute atomic E-state index is 0.0373. The van der Waals surface area contributed by atoms with Gasteiger partial charge in [0.25, 0.3) is 5.91 Å². The van der Waals surface area contributed by atoms with Crippen molar-refractivity contribution in [1.82, 2.24) is 10.9 Å². The third-order valence-electron chi connectivity index (χ3n) is 4.64. The largest absolute Gasteiger partial charge is 0.331 e. The molecule has 0 atom stereocenters. The van der Waals surface area contributed by atoms with Gasteiger partial charge >= 0.3 is 0 Å². The van der Waals surface area contributed by atoms with Crippen LogP contribution >= 0.6 is 12.2 Å². The Bertz CT molecular complexity index is 880. The number of carbonyl (C=O) groups is 2. The highest BCUT2D eigenvalue weighted by Gasteiger charge is 2.25. The highest BCUT2D eigenvalue weighted by atomic mass is 32.1. The van der Waals surface area contributed by atoms with Crippen molar-refractivity contribution in [2.45, 2.75) is 32.6 Å². The van der Waals surface area contributed by atoms with Crippen LogP contribution in [0.25, 0.3) is 0 Å². The van der Waals surface area contributed by atoms with Gasteiger partial charge in [-0.25, -0.2) is 0 Å². The number of benzene rings is 2. The Morgan fingerprint density at radius 2 is 1.79 bits per heavy atom. The smallest absolute Gasteiger partial charge is 0.271 e. The molecule has 2 aromatic rings. The van der Waals surface area contributed by atoms with Gasteiger partial charge in [0.05, 0.1) is 11.3 Å². The summed E-state index contributed by atoms with van der Waals surface area (Å²) in [5.74, 6) is 0.144. The van der Waals surface area contributed by atoms with Crippen molar-refractivity contribution in [2.24, 2.45) is 0 Å². The average molecular weight is 397 g/mol. The molecule has 146 valence electrons. The lowest BCUT2D eigenvalue weighted by Gasteiger charge is -2.19. The molecule has 1 fully saturated rings. The minimum atomic E-state index is -0.352. The summed E-state index contributed by atoms with van der Waals surface area (Å²) < 4.78 is 0. The summed E-state index contributed by atoms with van der Waals surface area (Å²) >= 11 is 5.25. The predicted octanol–water partition coefficient (Wildman–Crippen LogP) is 3.57. The molecule has 3 N–H and O–H groups in total. The standard InChI is InChI=1S/C21H24N4O2S/c1-14(2)15-9-11-16(12-10-15)22-21(28)24-23-20(27)17-6-3-4-7-18(17)25-13-5-8-19(25)26/h3-4,6-7,9-12,14H,5,8,13H2,1-2H3,(H,23,27)(H2,22,24,28). The number of anilines is 2. The minimum Gasteiger partial charge on any atom is -0.331 e. The van der Waals surface area contributed by atoms with Gasteiger partial charge in [0.2, 0.25) is 5.91 Å². The molecular formula is C21H24N4O2S. The summed E-state index contributed by atoms with van der Waals surface area (Å²) in [5, 5.41) is 3.31. The van der Waals surface area contributed by atoms with Crippen molar-refractivity contribution in [3.8, 4) is 0 Å². The molecule has 0 bridgehead atoms. The molecule has 2 aromatic carbocycles. The summed E-state index contributed by atoms with van der Waals surface area (Å²) in [6.07, 6.45) is 1.31. The van der Waals surface area contributed by atoms with E-state index in [2.05, 4.69) is 30.0 Å². The fourth-order valence-electron chi connectivity index (χ4n) is 3.10. The van der Waals surface area contributed by atoms with Gasteiger partial charge in [-0.3, -0.25) is 20.4 Å². The lowest BCUT2D eigenvalue weighted by Crippen LogP contribution is -2.44. The Balaban J connectivity index is 1.60. The van der Waals surface area contributed by atoms with E-state index in [0.29, 0.717) is 30.1 Å². The van der Waals surface area contributed by atoms with E-state index >= 15 is 0 Å². The zero-order valence-corrected chi connectivity index (χ0v) is 16.8. The first-order chi connectivity index (χ1) is 13.5. The molecule has 7 heteroatoms. The first kappa shape index (κ1) is 19.8. The second kappa shape index (κ2) is 8.84. The third kappa shape index (κ3) is 4.67. The van der Waals surface area contributed by atoms with Crippen molar-refractivity contribution in [1.29, 1.82) is 0 Å². The van der Waals surface area contributed by atoms with Gasteiger partial charge in [0, 0.05) is 18.7 Å². The maximum absolute atomic E-state index is 12.6. The number of rotatable bonds is 4. The highest BCUT2D eigenvalue weighted by Crippen LogP contribution is 2.25. The second-order valence-corrected chi connectivity index (χ2v) is 7.38. The van der Waals surface area contributed by atoms with Crippen LogP contribution in [0.1, 0.15) is 48.5 Å². The summed E-state index contributed by atoms with van der Waals surface area (Å²) in [5.41, 5.74) is 8.43. The van der Waals surface area contributed by atoms with Gasteiger partial charge in [-0.2, -0.15) is 0 Å². The maximum Gasteiger partial charge on any atom is 0.271 e. The van der Waals surface area contributed by atoms with Gasteiger partial charge in [0.1, 0.15) is 0 Å². The molecule has 1 aliphatic heterocycles. The van der Waals surface area contributed by atoms with Crippen LogP contribution in [0.4, 0.5) is 11.4 Å². The molecule has 0 aromatic heterocycles. The second-order valence-electron chi connectivity index (χ2n) is 6.98. The number of nitrogens with one attached hydrogen (secondary N) is 3. The van der Waals surface area contributed by atoms with Crippen LogP contribution in [0, 0.1) is 0 Å². The van der Waals surface area contributed by atoms with Gasteiger partial charge in [0.15, 0.2) is 5.11 Å². The van der Waals surface area contributed by atoms with E-state index in [1.54, 1.807) is 23.1 Å². The highest BCUT2D eigenvalue weighted by molar-refractivity contribution is 7.80. The monoisotopic (exact) mass is 396 g/mol. The normalized spacial score (nSPS) is 13.5. The molecule has 1 heterocycles. The summed E-state index contributed by atoms with van der Waals surface area (Å²) in [6.45, 7) is 4.90. The SMILES string of the molecule is CC(C)c1ccc(NC(=S)NNC(=O)c2ccccc2N2CCCC2=O)cc1. The lowest BCUT2D eigenvalue weighted by molar-refractivity contribution is -0.117. The molecule has 0 aliphatic carbocycles. The van der Waals surface area contributed by atoms with E-state index in [4.69, 9.17) is 12.2 Å². The molecule has 6 nitrogen and oxygen atoms in total. The molecule has 2 amide bonds. The first-order valence-electron chi connectivity index (χ1n) is 9.32. The van der Waals surface area contributed by atoms with Crippen LogP contribution in [0.15, 0.2) is 48.5 Å². The molecule has 0 saturated carbocycles. The van der Waals surface area contributed by atoms with E-state index < -0.39 is 0 Å². The van der Waals surface area contributed by atoms with Crippen LogP contribution in [0.5, 0.6) is 0 Å². The van der Waals surface area contributed by atoms with Crippen LogP contribution in [0.3, 0.4) is 0 Å². The van der Waals surface area contributed by atoms with Crippen LogP contribution in [-0.2, 0) is 4.79 Å². The maximum atomic E-state index is 12.6. The average Bonchev–Trinajstić information content (AvgIpc) is 3.12. The predicted molar refractivity (Wildman–Crippen MR) is 115 cm³/mol. The fourth-order valence-corrected chi connectivity index (χ4v) is 3.27. The Kier molecular flexibility index (Phi) is 6.26. The van der Waals surface area contributed by atoms with E-state index in [-0.39, 0.29) is 16.9 Å². The number of para-hydroxylation sites is 1. The van der Waals surface area contributed by atoms with Crippen LogP contribution in [-0.4, -0.2) is 23.5 Å². The number of hydrazine groups is 1. The number of hydrogen-bond acceptors (Lipinski definition) is 3. The molecule has 0 unspecified atom stereocenters. The summed E-state index contributed by atoms with van der Waals surface area (Å²) in [4.78, 5) is 26.3. The van der Waals surface area contributed by atoms with E-state index in [9.17, 15) is 9.59 Å². The van der Waals surface area contributed by atoms with Crippen LogP contribution in [0.2, 0.25) is 0 Å². The molecular weight excluding hydrogens is 372 g/mol. The number of thiocarbonyl (C=S) groups is 1. The van der Waals surface area contributed by atoms with Crippen molar-refractivity contribution < 1.29 is 9.59 Å². The molecule has 3 rings (SSSR count). The molecule has 0 radical (unpaired) electrons. The van der Waals surface area contributed by atoms with E-state index in [1.807, 2.05) is 30.3 Å². The van der Waals surface area contributed by atoms with E-state index in [0.717, 1.165) is 12.1 Å². The Morgan fingerprint density at radius 3 is 2.43 bits per heavy atom. The van der Waals surface area contributed by atoms with Crippen molar-refractivity contribution >= 4 is 40.5 Å². The molecule has 1 aliphatic rings. The zero-order chi connectivity index (χ0) is 20.1. The van der Waals surface area contributed by atoms with Gasteiger partial charge in [-0.15, -0.1) is 0 Å². The van der Waals surface area contributed by atoms with Crippen molar-refractivity contribution in [3.63, 3.8) is 0 Å². The zero-order valence-electron chi connectivity index (χ0n) is 16.0. The van der Waals surface area contributed by atoms with Crippen molar-refractivity contribution in [2.75, 3.05) is 16.8 Å². The molecule has 1 saturated heterocycles. The number of hydrogen-bond donors (Lipinski definition) is 3. The number of nitrogens with zero attached hydrogens (tertiary/aromatic N) is 1. The first-order valence-corrected chi connectivity index (χ1v) is 9.73. The summed E-state index contributed by atoms with van der Waals surface area (Å²) in [6, 6.07) is 15.0. The topological polar surface area (TPSA) is 73.5 Å². The van der Waals surface area contributed by atoms with Gasteiger partial charge < -0.3 is 10.2 Å². The fraction of sp³-hybridized carbons (Fsp3) is 0.286. The quantitative estimate of drug-likeness (QED) is 0.544. The Morgan fingerprint density at radius 1 is 1.07 bits per heavy atom. The molecule has 0 spiro atoms. The Hall–Kier alpha value is -2.93. The Labute approximate surface area is 170 Å². The van der Waals surface area contributed by atoms with Crippen LogP contribution < -0.4 is 21.1 Å². The van der Waals surface area contributed by atoms with E-state index in [1.165, 1.54) is 5.56 Å². The van der Waals surface area contributed by atoms with Gasteiger partial charge in [-0.1, -0.05) is 38.1 Å². The number of amides is 2. The third-order valence-corrected chi connectivity index (χ3v) is 4.84. The summed E-state index contributed by atoms with van der Waals surface area (Å²) in [7, 11) is 0. The number of carbonyl (C=O) groups excluding carboxylic acids is 2. The van der Waals surface area contributed by atoms with Gasteiger partial charge in [-0.05, 0) is 54.4 Å². The molecule has 28 heavy (non-hydrogen) atoms. The van der Waals surface area contributed by atoms with Crippen molar-refractivity contribution in [3.05, 3.63) is 59.7 Å².